The Morgan fingerprint density at radius 3 is 2.72 bits per heavy atom. The molecule has 1 aromatic heterocycles. The first-order valence-corrected chi connectivity index (χ1v) is 7.25. The second kappa shape index (κ2) is 7.19. The summed E-state index contributed by atoms with van der Waals surface area (Å²) in [4.78, 5) is 4.69. The van der Waals surface area contributed by atoms with Gasteiger partial charge in [-0.1, -0.05) is 20.8 Å². The Labute approximate surface area is 114 Å². The number of hydrogen-bond acceptors (Lipinski definition) is 5. The highest BCUT2D eigenvalue weighted by molar-refractivity contribution is 7.09. The molecule has 18 heavy (non-hydrogen) atoms. The molecule has 0 aliphatic rings. The predicted molar refractivity (Wildman–Crippen MR) is 76.7 cm³/mol. The third kappa shape index (κ3) is 5.02. The smallest absolute Gasteiger partial charge is 0.0944 e. The average molecular weight is 271 g/mol. The molecule has 0 aliphatic carbocycles. The van der Waals surface area contributed by atoms with Gasteiger partial charge in [-0.05, 0) is 12.8 Å². The fraction of sp³-hybridized carbons (Fsp3) is 0.769. The van der Waals surface area contributed by atoms with E-state index in [1.165, 1.54) is 0 Å². The Bertz CT molecular complexity index is 346. The number of aromatic nitrogens is 1. The molecule has 0 saturated heterocycles. The van der Waals surface area contributed by atoms with Crippen LogP contribution in [-0.4, -0.2) is 24.7 Å². The molecule has 1 rings (SSSR count). The molecule has 0 bridgehead atoms. The molecule has 3 N–H and O–H groups in total. The molecule has 104 valence electrons. The van der Waals surface area contributed by atoms with Crippen LogP contribution in [0.1, 0.15) is 44.3 Å². The van der Waals surface area contributed by atoms with E-state index in [1.54, 1.807) is 18.4 Å². The molecule has 0 aromatic carbocycles. The molecule has 1 heterocycles. The number of nitrogens with one attached hydrogen (secondary N) is 1. The van der Waals surface area contributed by atoms with Gasteiger partial charge in [0.05, 0.1) is 10.7 Å². The van der Waals surface area contributed by atoms with Crippen molar-refractivity contribution in [3.05, 3.63) is 16.1 Å². The third-order valence-electron chi connectivity index (χ3n) is 2.88. The monoisotopic (exact) mass is 271 g/mol. The maximum absolute atomic E-state index is 5.58. The highest BCUT2D eigenvalue weighted by atomic mass is 32.1. The zero-order valence-electron chi connectivity index (χ0n) is 11.8. The number of nitrogens with two attached hydrogens (primary N) is 1. The summed E-state index contributed by atoms with van der Waals surface area (Å²) in [5, 5.41) is 3.30. The normalized spacial score (nSPS) is 13.8. The highest BCUT2D eigenvalue weighted by Crippen LogP contribution is 2.24. The van der Waals surface area contributed by atoms with Gasteiger partial charge in [-0.15, -0.1) is 11.3 Å². The van der Waals surface area contributed by atoms with Crippen molar-refractivity contribution in [2.45, 2.75) is 51.5 Å². The van der Waals surface area contributed by atoms with E-state index in [2.05, 4.69) is 36.6 Å². The highest BCUT2D eigenvalue weighted by Gasteiger charge is 2.18. The van der Waals surface area contributed by atoms with Crippen LogP contribution in [0, 0.1) is 0 Å². The lowest BCUT2D eigenvalue weighted by Crippen LogP contribution is -2.37. The van der Waals surface area contributed by atoms with Gasteiger partial charge in [-0.3, -0.25) is 11.3 Å². The van der Waals surface area contributed by atoms with E-state index < -0.39 is 0 Å². The Hall–Kier alpha value is -0.490. The lowest BCUT2D eigenvalue weighted by Gasteiger charge is -2.15. The molecule has 1 atom stereocenters. The standard InChI is InChI=1S/C13H25N3OS/c1-13(2,3)11-9-18-12(15-11)8-10(16-14)6-5-7-17-4/h9-10,16H,5-8,14H2,1-4H3. The Morgan fingerprint density at radius 1 is 1.50 bits per heavy atom. The molecule has 5 heteroatoms. The summed E-state index contributed by atoms with van der Waals surface area (Å²) in [7, 11) is 1.72. The zero-order chi connectivity index (χ0) is 13.6. The SMILES string of the molecule is COCCCC(Cc1nc(C(C)(C)C)cs1)NN. The van der Waals surface area contributed by atoms with Crippen molar-refractivity contribution >= 4 is 11.3 Å². The minimum Gasteiger partial charge on any atom is -0.385 e. The van der Waals surface area contributed by atoms with Gasteiger partial charge >= 0.3 is 0 Å². The van der Waals surface area contributed by atoms with Crippen LogP contribution in [-0.2, 0) is 16.6 Å². The van der Waals surface area contributed by atoms with Crippen LogP contribution in [0.2, 0.25) is 0 Å². The van der Waals surface area contributed by atoms with E-state index >= 15 is 0 Å². The van der Waals surface area contributed by atoms with Crippen molar-refractivity contribution < 1.29 is 4.74 Å². The molecule has 0 amide bonds. The Kier molecular flexibility index (Phi) is 6.21. The van der Waals surface area contributed by atoms with Crippen LogP contribution in [0.15, 0.2) is 5.38 Å². The Morgan fingerprint density at radius 2 is 2.22 bits per heavy atom. The molecule has 0 saturated carbocycles. The summed E-state index contributed by atoms with van der Waals surface area (Å²) < 4.78 is 5.05. The fourth-order valence-electron chi connectivity index (χ4n) is 1.68. The van der Waals surface area contributed by atoms with Crippen LogP contribution in [0.5, 0.6) is 0 Å². The van der Waals surface area contributed by atoms with Crippen LogP contribution in [0.25, 0.3) is 0 Å². The maximum Gasteiger partial charge on any atom is 0.0944 e. The van der Waals surface area contributed by atoms with Crippen LogP contribution >= 0.6 is 11.3 Å². The summed E-state index contributed by atoms with van der Waals surface area (Å²) in [6, 6.07) is 0.277. The zero-order valence-corrected chi connectivity index (χ0v) is 12.6. The second-order valence-corrected chi connectivity index (χ2v) is 6.52. The number of ether oxygens (including phenoxy) is 1. The lowest BCUT2D eigenvalue weighted by atomic mass is 9.93. The largest absolute Gasteiger partial charge is 0.385 e. The van der Waals surface area contributed by atoms with Gasteiger partial charge in [0.15, 0.2) is 0 Å². The molecule has 0 radical (unpaired) electrons. The lowest BCUT2D eigenvalue weighted by molar-refractivity contribution is 0.188. The van der Waals surface area contributed by atoms with E-state index in [0.29, 0.717) is 0 Å². The summed E-state index contributed by atoms with van der Waals surface area (Å²) in [6.45, 7) is 7.33. The molecule has 1 unspecified atom stereocenters. The fourth-order valence-corrected chi connectivity index (χ4v) is 2.78. The van der Waals surface area contributed by atoms with Crippen molar-refractivity contribution in [2.75, 3.05) is 13.7 Å². The van der Waals surface area contributed by atoms with Gasteiger partial charge in [0.2, 0.25) is 0 Å². The number of hydrazine groups is 1. The summed E-state index contributed by atoms with van der Waals surface area (Å²) >= 11 is 1.72. The van der Waals surface area contributed by atoms with Gasteiger partial charge in [0.1, 0.15) is 0 Å². The maximum atomic E-state index is 5.58. The average Bonchev–Trinajstić information content (AvgIpc) is 2.76. The molecule has 1 aromatic rings. The predicted octanol–water partition coefficient (Wildman–Crippen LogP) is 2.24. The van der Waals surface area contributed by atoms with Gasteiger partial charge in [-0.2, -0.15) is 0 Å². The van der Waals surface area contributed by atoms with Crippen molar-refractivity contribution in [3.8, 4) is 0 Å². The number of hydrogen-bond donors (Lipinski definition) is 2. The van der Waals surface area contributed by atoms with E-state index in [1.807, 2.05) is 0 Å². The van der Waals surface area contributed by atoms with E-state index in [-0.39, 0.29) is 11.5 Å². The first kappa shape index (κ1) is 15.6. The molecule has 0 spiro atoms. The van der Waals surface area contributed by atoms with E-state index in [4.69, 9.17) is 10.6 Å². The van der Waals surface area contributed by atoms with Crippen LogP contribution in [0.4, 0.5) is 0 Å². The minimum atomic E-state index is 0.121. The molecule has 0 fully saturated rings. The summed E-state index contributed by atoms with van der Waals surface area (Å²) in [5.74, 6) is 5.58. The number of nitrogens with zero attached hydrogens (tertiary/aromatic N) is 1. The van der Waals surface area contributed by atoms with Crippen molar-refractivity contribution in [3.63, 3.8) is 0 Å². The van der Waals surface area contributed by atoms with E-state index in [9.17, 15) is 0 Å². The summed E-state index contributed by atoms with van der Waals surface area (Å²) in [6.07, 6.45) is 2.92. The quantitative estimate of drug-likeness (QED) is 0.453. The van der Waals surface area contributed by atoms with Crippen molar-refractivity contribution in [2.24, 2.45) is 5.84 Å². The number of methoxy groups -OCH3 is 1. The van der Waals surface area contributed by atoms with Gasteiger partial charge in [0.25, 0.3) is 0 Å². The second-order valence-electron chi connectivity index (χ2n) is 5.58. The molecule has 4 nitrogen and oxygen atoms in total. The number of thiazole rings is 1. The van der Waals surface area contributed by atoms with Crippen molar-refractivity contribution in [1.82, 2.24) is 10.4 Å². The Balaban J connectivity index is 2.51. The van der Waals surface area contributed by atoms with Crippen LogP contribution in [0.3, 0.4) is 0 Å². The molecular formula is C13H25N3OS. The summed E-state index contributed by atoms with van der Waals surface area (Å²) in [5.41, 5.74) is 4.15. The third-order valence-corrected chi connectivity index (χ3v) is 3.75. The molecule has 0 aliphatic heterocycles. The minimum absolute atomic E-state index is 0.121. The topological polar surface area (TPSA) is 60.2 Å². The van der Waals surface area contributed by atoms with Gasteiger partial charge in [0, 0.05) is 37.0 Å². The molecular weight excluding hydrogens is 246 g/mol. The first-order chi connectivity index (χ1) is 8.47. The van der Waals surface area contributed by atoms with Gasteiger partial charge < -0.3 is 4.74 Å². The van der Waals surface area contributed by atoms with Crippen LogP contribution < -0.4 is 11.3 Å². The van der Waals surface area contributed by atoms with Crippen molar-refractivity contribution in [1.29, 1.82) is 0 Å². The van der Waals surface area contributed by atoms with Gasteiger partial charge in [-0.25, -0.2) is 4.98 Å². The van der Waals surface area contributed by atoms with E-state index in [0.717, 1.165) is 36.6 Å². The number of rotatable bonds is 7. The first-order valence-electron chi connectivity index (χ1n) is 6.37.